The van der Waals surface area contributed by atoms with Crippen molar-refractivity contribution in [3.05, 3.63) is 23.8 Å². The summed E-state index contributed by atoms with van der Waals surface area (Å²) >= 11 is 0. The van der Waals surface area contributed by atoms with Crippen molar-refractivity contribution in [1.82, 2.24) is 15.0 Å². The number of nitrogens with one attached hydrogen (secondary N) is 1. The molecule has 326 valence electrons. The first-order chi connectivity index (χ1) is 27.8. The van der Waals surface area contributed by atoms with E-state index < -0.39 is 12.1 Å². The fraction of sp³-hybridized carbons (Fsp3) is 0.787. The molecule has 1 atom stereocenters. The molecule has 2 N–H and O–H groups in total. The summed E-state index contributed by atoms with van der Waals surface area (Å²) in [6, 6.07) is 5.01. The summed E-state index contributed by atoms with van der Waals surface area (Å²) in [5, 5.41) is 13.4. The molecule has 0 aliphatic heterocycles. The lowest BCUT2D eigenvalue weighted by atomic mass is 10.1. The summed E-state index contributed by atoms with van der Waals surface area (Å²) in [5.41, 5.74) is 0.745. The van der Waals surface area contributed by atoms with E-state index in [1.54, 1.807) is 19.1 Å². The zero-order valence-electron chi connectivity index (χ0n) is 37.4. The van der Waals surface area contributed by atoms with Gasteiger partial charge in [-0.3, -0.25) is 0 Å². The molecule has 0 aliphatic rings. The van der Waals surface area contributed by atoms with Crippen molar-refractivity contribution in [1.29, 1.82) is 0 Å². The van der Waals surface area contributed by atoms with Crippen LogP contribution in [0.2, 0.25) is 0 Å². The first kappa shape index (κ1) is 49.8. The van der Waals surface area contributed by atoms with Gasteiger partial charge in [-0.2, -0.15) is 15.0 Å². The van der Waals surface area contributed by atoms with Crippen LogP contribution >= 0.6 is 0 Å². The molecule has 1 heterocycles. The van der Waals surface area contributed by atoms with Crippen molar-refractivity contribution in [2.24, 2.45) is 0 Å². The van der Waals surface area contributed by atoms with Crippen molar-refractivity contribution >= 4 is 23.8 Å². The molecule has 0 radical (unpaired) electrons. The second-order valence-corrected chi connectivity index (χ2v) is 16.1. The van der Waals surface area contributed by atoms with Gasteiger partial charge >= 0.3 is 5.97 Å². The number of aromatic nitrogens is 3. The summed E-state index contributed by atoms with van der Waals surface area (Å²) in [7, 11) is 0. The van der Waals surface area contributed by atoms with Gasteiger partial charge < -0.3 is 29.7 Å². The summed E-state index contributed by atoms with van der Waals surface area (Å²) in [6.07, 6.45) is 29.1. The van der Waals surface area contributed by atoms with Gasteiger partial charge in [-0.1, -0.05) is 162 Å². The number of phenolic OH excluding ortho intramolecular Hbond substituents is 1. The lowest BCUT2D eigenvalue weighted by molar-refractivity contribution is -0.150. The Kier molecular flexibility index (Phi) is 28.5. The molecular formula is C47H84N6O4. The van der Waals surface area contributed by atoms with Crippen molar-refractivity contribution in [2.75, 3.05) is 54.4 Å². The smallest absolute Gasteiger partial charge is 0.347 e. The number of benzene rings is 1. The molecular weight excluding hydrogens is 713 g/mol. The van der Waals surface area contributed by atoms with E-state index in [1.165, 1.54) is 134 Å². The van der Waals surface area contributed by atoms with Crippen molar-refractivity contribution < 1.29 is 19.4 Å². The summed E-state index contributed by atoms with van der Waals surface area (Å²) in [6.45, 7) is 16.8. The first-order valence-corrected chi connectivity index (χ1v) is 23.5. The number of nitrogens with zero attached hydrogens (tertiary/aromatic N) is 5. The van der Waals surface area contributed by atoms with E-state index in [1.807, 2.05) is 6.92 Å². The van der Waals surface area contributed by atoms with Crippen molar-refractivity contribution in [3.8, 4) is 11.5 Å². The predicted molar refractivity (Wildman–Crippen MR) is 240 cm³/mol. The zero-order chi connectivity index (χ0) is 41.4. The Morgan fingerprint density at radius 2 is 1.04 bits per heavy atom. The molecule has 10 heteroatoms. The summed E-state index contributed by atoms with van der Waals surface area (Å²) < 4.78 is 11.4. The number of aryl methyl sites for hydroxylation is 1. The summed E-state index contributed by atoms with van der Waals surface area (Å²) in [5.74, 6) is 2.10. The van der Waals surface area contributed by atoms with Gasteiger partial charge in [0.15, 0.2) is 6.10 Å². The maximum atomic E-state index is 12.8. The van der Waals surface area contributed by atoms with Gasteiger partial charge in [0.2, 0.25) is 17.8 Å². The normalized spacial score (nSPS) is 11.8. The Balaban J connectivity index is 2.27. The molecule has 0 amide bonds. The van der Waals surface area contributed by atoms with E-state index in [-0.39, 0.29) is 12.4 Å². The molecule has 0 aliphatic carbocycles. The fourth-order valence-electron chi connectivity index (χ4n) is 7.02. The highest BCUT2D eigenvalue weighted by molar-refractivity contribution is 5.74. The first-order valence-electron chi connectivity index (χ1n) is 23.5. The monoisotopic (exact) mass is 797 g/mol. The standard InChI is InChI=1S/C47H84N6O4/c1-7-11-15-19-23-27-34-52(35-28-24-20-16-12-8-2)46-49-45(48-33-38-56-44(55)41(6)57-42-32-31-40(5)43(54)39-42)50-47(51-46)53(36-29-25-21-17-13-9-3)37-30-26-22-18-14-10-4/h31-32,39,41,54H,7-30,33-38H2,1-6H3,(H,48,49,50,51). The Morgan fingerprint density at radius 1 is 0.632 bits per heavy atom. The Hall–Kier alpha value is -3.30. The molecule has 1 aromatic heterocycles. The number of anilines is 3. The van der Waals surface area contributed by atoms with Crippen LogP contribution in [0.5, 0.6) is 11.5 Å². The van der Waals surface area contributed by atoms with Gasteiger partial charge in [-0.05, 0) is 51.2 Å². The number of carbonyl (C=O) groups excluding carboxylic acids is 1. The Morgan fingerprint density at radius 3 is 1.44 bits per heavy atom. The highest BCUT2D eigenvalue weighted by Gasteiger charge is 2.20. The van der Waals surface area contributed by atoms with Crippen LogP contribution in [0.4, 0.5) is 17.8 Å². The van der Waals surface area contributed by atoms with Crippen LogP contribution in [0.1, 0.15) is 194 Å². The molecule has 10 nitrogen and oxygen atoms in total. The molecule has 57 heavy (non-hydrogen) atoms. The van der Waals surface area contributed by atoms with Crippen molar-refractivity contribution in [2.45, 2.75) is 202 Å². The van der Waals surface area contributed by atoms with Gasteiger partial charge in [-0.15, -0.1) is 0 Å². The van der Waals surface area contributed by atoms with E-state index in [4.69, 9.17) is 24.4 Å². The van der Waals surface area contributed by atoms with Crippen molar-refractivity contribution in [3.63, 3.8) is 0 Å². The van der Waals surface area contributed by atoms with E-state index in [2.05, 4.69) is 42.8 Å². The number of phenols is 1. The number of esters is 1. The molecule has 2 rings (SSSR count). The average molecular weight is 797 g/mol. The number of carbonyl (C=O) groups is 1. The van der Waals surface area contributed by atoms with E-state index in [9.17, 15) is 9.90 Å². The molecule has 1 aromatic carbocycles. The van der Waals surface area contributed by atoms with Gasteiger partial charge in [0.05, 0.1) is 6.54 Å². The van der Waals surface area contributed by atoms with Gasteiger partial charge in [0.25, 0.3) is 0 Å². The highest BCUT2D eigenvalue weighted by Crippen LogP contribution is 2.24. The Labute approximate surface area is 348 Å². The fourth-order valence-corrected chi connectivity index (χ4v) is 7.02. The molecule has 0 saturated carbocycles. The minimum atomic E-state index is -0.822. The summed E-state index contributed by atoms with van der Waals surface area (Å²) in [4.78, 5) is 33.0. The zero-order valence-corrected chi connectivity index (χ0v) is 37.4. The third-order valence-electron chi connectivity index (χ3n) is 10.8. The predicted octanol–water partition coefficient (Wildman–Crippen LogP) is 12.4. The molecule has 0 fully saturated rings. The molecule has 0 bridgehead atoms. The second-order valence-electron chi connectivity index (χ2n) is 16.1. The number of rotatable bonds is 37. The second kappa shape index (κ2) is 32.6. The number of hydrogen-bond donors (Lipinski definition) is 2. The highest BCUT2D eigenvalue weighted by atomic mass is 16.6. The maximum absolute atomic E-state index is 12.8. The van der Waals surface area contributed by atoms with Gasteiger partial charge in [-0.25, -0.2) is 4.79 Å². The van der Waals surface area contributed by atoms with Crippen LogP contribution < -0.4 is 19.9 Å². The van der Waals surface area contributed by atoms with E-state index >= 15 is 0 Å². The number of aromatic hydroxyl groups is 1. The number of ether oxygens (including phenoxy) is 2. The largest absolute Gasteiger partial charge is 0.508 e. The van der Waals surface area contributed by atoms with Crippen LogP contribution in [0.25, 0.3) is 0 Å². The quantitative estimate of drug-likeness (QED) is 0.0506. The third-order valence-corrected chi connectivity index (χ3v) is 10.8. The van der Waals surface area contributed by atoms with Crippen LogP contribution in [-0.2, 0) is 9.53 Å². The molecule has 0 saturated heterocycles. The average Bonchev–Trinajstić information content (AvgIpc) is 3.21. The Bertz CT molecular complexity index is 1210. The maximum Gasteiger partial charge on any atom is 0.347 e. The molecule has 0 spiro atoms. The van der Waals surface area contributed by atoms with Gasteiger partial charge in [0, 0.05) is 32.2 Å². The van der Waals surface area contributed by atoms with E-state index in [0.717, 1.165) is 69.3 Å². The molecule has 2 aromatic rings. The topological polar surface area (TPSA) is 113 Å². The van der Waals surface area contributed by atoms with Crippen LogP contribution in [0, 0.1) is 6.92 Å². The van der Waals surface area contributed by atoms with Crippen LogP contribution in [0.3, 0.4) is 0 Å². The van der Waals surface area contributed by atoms with E-state index in [0.29, 0.717) is 18.2 Å². The number of hydrogen-bond acceptors (Lipinski definition) is 10. The lowest BCUT2D eigenvalue weighted by Crippen LogP contribution is -2.32. The minimum absolute atomic E-state index is 0.128. The van der Waals surface area contributed by atoms with Crippen LogP contribution in [0.15, 0.2) is 18.2 Å². The lowest BCUT2D eigenvalue weighted by Gasteiger charge is -2.27. The van der Waals surface area contributed by atoms with Gasteiger partial charge in [0.1, 0.15) is 18.1 Å². The SMILES string of the molecule is CCCCCCCCN(CCCCCCCC)c1nc(NCCOC(=O)C(C)Oc2ccc(C)c(O)c2)nc(N(CCCCCCCC)CCCCCCCC)n1. The molecule has 1 unspecified atom stereocenters. The third kappa shape index (κ3) is 23.0. The number of unbranched alkanes of at least 4 members (excludes halogenated alkanes) is 20. The van der Waals surface area contributed by atoms with Crippen LogP contribution in [-0.4, -0.2) is 71.5 Å². The minimum Gasteiger partial charge on any atom is -0.508 e.